The van der Waals surface area contributed by atoms with Crippen LogP contribution in [0.1, 0.15) is 56.4 Å². The Bertz CT molecular complexity index is 446. The van der Waals surface area contributed by atoms with Crippen LogP contribution in [-0.2, 0) is 0 Å². The van der Waals surface area contributed by atoms with Crippen molar-refractivity contribution < 1.29 is 5.11 Å². The molecule has 0 aliphatic heterocycles. The Balaban J connectivity index is 1.93. The maximum absolute atomic E-state index is 10.5. The Kier molecular flexibility index (Phi) is 6.81. The summed E-state index contributed by atoms with van der Waals surface area (Å²) in [6, 6.07) is 5.51. The highest BCUT2D eigenvalue weighted by molar-refractivity contribution is 6.42. The van der Waals surface area contributed by atoms with Gasteiger partial charge in [0.2, 0.25) is 0 Å². The van der Waals surface area contributed by atoms with Gasteiger partial charge in [0.05, 0.1) is 16.1 Å². The zero-order chi connectivity index (χ0) is 15.2. The Morgan fingerprint density at radius 3 is 2.48 bits per heavy atom. The summed E-state index contributed by atoms with van der Waals surface area (Å²) in [7, 11) is 0. The fourth-order valence-corrected chi connectivity index (χ4v) is 3.65. The van der Waals surface area contributed by atoms with Crippen LogP contribution in [0, 0.1) is 5.92 Å². The van der Waals surface area contributed by atoms with Crippen molar-refractivity contribution in [3.8, 4) is 0 Å². The lowest BCUT2D eigenvalue weighted by Gasteiger charge is -2.26. The maximum atomic E-state index is 10.5. The summed E-state index contributed by atoms with van der Waals surface area (Å²) in [6.07, 6.45) is 8.18. The molecule has 0 heterocycles. The molecule has 1 saturated carbocycles. The minimum Gasteiger partial charge on any atom is -0.392 e. The first kappa shape index (κ1) is 17.1. The number of aliphatic hydroxyl groups is 1. The molecule has 2 unspecified atom stereocenters. The summed E-state index contributed by atoms with van der Waals surface area (Å²) in [4.78, 5) is 0. The van der Waals surface area contributed by atoms with E-state index < -0.39 is 6.10 Å². The molecule has 1 fully saturated rings. The van der Waals surface area contributed by atoms with E-state index in [0.717, 1.165) is 24.3 Å². The zero-order valence-corrected chi connectivity index (χ0v) is 13.9. The molecular formula is C17H25Cl2NO. The van der Waals surface area contributed by atoms with Crippen molar-refractivity contribution in [2.24, 2.45) is 11.7 Å². The molecule has 0 bridgehead atoms. The normalized spacial score (nSPS) is 19.4. The largest absolute Gasteiger partial charge is 0.392 e. The number of nitrogens with two attached hydrogens (primary N) is 1. The Morgan fingerprint density at radius 2 is 1.86 bits per heavy atom. The fraction of sp³-hybridized carbons (Fsp3) is 0.647. The molecule has 21 heavy (non-hydrogen) atoms. The number of benzene rings is 1. The van der Waals surface area contributed by atoms with E-state index in [0.29, 0.717) is 16.6 Å². The average molecular weight is 330 g/mol. The smallest absolute Gasteiger partial charge is 0.0621 e. The van der Waals surface area contributed by atoms with Crippen molar-refractivity contribution in [1.82, 2.24) is 0 Å². The third kappa shape index (κ3) is 4.85. The number of rotatable bonds is 6. The Morgan fingerprint density at radius 1 is 1.14 bits per heavy atom. The molecule has 0 radical (unpaired) electrons. The first-order valence-corrected chi connectivity index (χ1v) is 8.70. The van der Waals surface area contributed by atoms with Gasteiger partial charge in [0.15, 0.2) is 0 Å². The SMILES string of the molecule is NCC(c1ccc(Cl)c(Cl)c1)C(O)CCC1CCCCC1. The minimum absolute atomic E-state index is 0.0663. The quantitative estimate of drug-likeness (QED) is 0.790. The van der Waals surface area contributed by atoms with Crippen molar-refractivity contribution >= 4 is 23.2 Å². The van der Waals surface area contributed by atoms with Gasteiger partial charge in [-0.1, -0.05) is 61.4 Å². The molecule has 0 aromatic heterocycles. The molecule has 2 nitrogen and oxygen atoms in total. The third-order valence-corrected chi connectivity index (χ3v) is 5.42. The van der Waals surface area contributed by atoms with Crippen LogP contribution in [0.15, 0.2) is 18.2 Å². The van der Waals surface area contributed by atoms with Crippen molar-refractivity contribution in [3.05, 3.63) is 33.8 Å². The average Bonchev–Trinajstić information content (AvgIpc) is 2.50. The van der Waals surface area contributed by atoms with Crippen molar-refractivity contribution in [2.45, 2.75) is 57.0 Å². The summed E-state index contributed by atoms with van der Waals surface area (Å²) in [5, 5.41) is 11.6. The monoisotopic (exact) mass is 329 g/mol. The molecule has 0 saturated heterocycles. The Labute approximate surface area is 137 Å². The Hall–Kier alpha value is -0.280. The van der Waals surface area contributed by atoms with Gasteiger partial charge in [-0.2, -0.15) is 0 Å². The fourth-order valence-electron chi connectivity index (χ4n) is 3.34. The van der Waals surface area contributed by atoms with Crippen LogP contribution in [0.5, 0.6) is 0 Å². The van der Waals surface area contributed by atoms with Crippen molar-refractivity contribution in [3.63, 3.8) is 0 Å². The van der Waals surface area contributed by atoms with Gasteiger partial charge in [0.1, 0.15) is 0 Å². The van der Waals surface area contributed by atoms with Gasteiger partial charge in [-0.05, 0) is 36.5 Å². The third-order valence-electron chi connectivity index (χ3n) is 4.69. The van der Waals surface area contributed by atoms with E-state index in [9.17, 15) is 5.11 Å². The summed E-state index contributed by atoms with van der Waals surface area (Å²) >= 11 is 12.0. The highest BCUT2D eigenvalue weighted by atomic mass is 35.5. The van der Waals surface area contributed by atoms with E-state index in [2.05, 4.69) is 0 Å². The highest BCUT2D eigenvalue weighted by Crippen LogP contribution is 2.32. The number of halogens is 2. The van der Waals surface area contributed by atoms with Crippen LogP contribution in [0.25, 0.3) is 0 Å². The number of aliphatic hydroxyl groups excluding tert-OH is 1. The summed E-state index contributed by atoms with van der Waals surface area (Å²) in [6.45, 7) is 0.420. The van der Waals surface area contributed by atoms with Crippen molar-refractivity contribution in [2.75, 3.05) is 6.54 Å². The number of hydrogen-bond acceptors (Lipinski definition) is 2. The van der Waals surface area contributed by atoms with E-state index in [-0.39, 0.29) is 5.92 Å². The van der Waals surface area contributed by atoms with Gasteiger partial charge < -0.3 is 10.8 Å². The maximum Gasteiger partial charge on any atom is 0.0621 e. The van der Waals surface area contributed by atoms with Crippen LogP contribution >= 0.6 is 23.2 Å². The first-order valence-electron chi connectivity index (χ1n) is 7.95. The molecule has 0 spiro atoms. The predicted octanol–water partition coefficient (Wildman–Crippen LogP) is 4.76. The molecule has 4 heteroatoms. The molecule has 2 rings (SSSR count). The molecule has 2 atom stereocenters. The van der Waals surface area contributed by atoms with Gasteiger partial charge >= 0.3 is 0 Å². The second-order valence-corrected chi connectivity index (χ2v) is 6.98. The molecule has 1 aliphatic carbocycles. The molecule has 1 aliphatic rings. The minimum atomic E-state index is -0.408. The first-order chi connectivity index (χ1) is 10.1. The second-order valence-electron chi connectivity index (χ2n) is 6.16. The van der Waals surface area contributed by atoms with E-state index in [1.165, 1.54) is 32.1 Å². The van der Waals surface area contributed by atoms with Gasteiger partial charge in [0.25, 0.3) is 0 Å². The predicted molar refractivity (Wildman–Crippen MR) is 90.1 cm³/mol. The van der Waals surface area contributed by atoms with Gasteiger partial charge in [-0.3, -0.25) is 0 Å². The standard InChI is InChI=1S/C17H25Cl2NO/c18-15-8-7-13(10-16(15)19)14(11-20)17(21)9-6-12-4-2-1-3-5-12/h7-8,10,12,14,17,21H,1-6,9,11,20H2. The van der Waals surface area contributed by atoms with Gasteiger partial charge in [-0.15, -0.1) is 0 Å². The van der Waals surface area contributed by atoms with Crippen LogP contribution in [0.2, 0.25) is 10.0 Å². The van der Waals surface area contributed by atoms with E-state index in [1.54, 1.807) is 6.07 Å². The zero-order valence-electron chi connectivity index (χ0n) is 12.4. The lowest BCUT2D eigenvalue weighted by Crippen LogP contribution is -2.26. The van der Waals surface area contributed by atoms with E-state index in [4.69, 9.17) is 28.9 Å². The van der Waals surface area contributed by atoms with E-state index in [1.807, 2.05) is 12.1 Å². The van der Waals surface area contributed by atoms with E-state index >= 15 is 0 Å². The topological polar surface area (TPSA) is 46.2 Å². The van der Waals surface area contributed by atoms with Crippen LogP contribution < -0.4 is 5.73 Å². The van der Waals surface area contributed by atoms with Crippen LogP contribution in [0.4, 0.5) is 0 Å². The molecule has 1 aromatic rings. The summed E-state index contributed by atoms with van der Waals surface area (Å²) < 4.78 is 0. The number of hydrogen-bond donors (Lipinski definition) is 2. The van der Waals surface area contributed by atoms with Gasteiger partial charge in [-0.25, -0.2) is 0 Å². The molecule has 0 amide bonds. The van der Waals surface area contributed by atoms with Gasteiger partial charge in [0, 0.05) is 12.5 Å². The van der Waals surface area contributed by atoms with Crippen LogP contribution in [0.3, 0.4) is 0 Å². The summed E-state index contributed by atoms with van der Waals surface area (Å²) in [5.41, 5.74) is 6.84. The van der Waals surface area contributed by atoms with Crippen LogP contribution in [-0.4, -0.2) is 17.8 Å². The van der Waals surface area contributed by atoms with Crippen molar-refractivity contribution in [1.29, 1.82) is 0 Å². The lowest BCUT2D eigenvalue weighted by molar-refractivity contribution is 0.123. The lowest BCUT2D eigenvalue weighted by atomic mass is 9.83. The molecule has 118 valence electrons. The summed E-state index contributed by atoms with van der Waals surface area (Å²) in [5.74, 6) is 0.712. The molecule has 3 N–H and O–H groups in total. The molecular weight excluding hydrogens is 305 g/mol. The molecule has 1 aromatic carbocycles. The highest BCUT2D eigenvalue weighted by Gasteiger charge is 2.22. The second kappa shape index (κ2) is 8.38.